The van der Waals surface area contributed by atoms with Crippen molar-refractivity contribution in [3.8, 4) is 11.5 Å². The summed E-state index contributed by atoms with van der Waals surface area (Å²) in [6.07, 6.45) is -1.01. The fraction of sp³-hybridized carbons (Fsp3) is 0.208. The summed E-state index contributed by atoms with van der Waals surface area (Å²) in [4.78, 5) is 13.0. The van der Waals surface area contributed by atoms with Gasteiger partial charge in [-0.2, -0.15) is 0 Å². The maximum Gasteiger partial charge on any atom is 0.264 e. The van der Waals surface area contributed by atoms with Crippen LogP contribution in [0.25, 0.3) is 0 Å². The molecule has 0 saturated heterocycles. The summed E-state index contributed by atoms with van der Waals surface area (Å²) in [6.45, 7) is 2.19. The number of sulfonamides is 1. The van der Waals surface area contributed by atoms with Gasteiger partial charge in [-0.05, 0) is 61.0 Å². The molecule has 1 atom stereocenters. The van der Waals surface area contributed by atoms with Crippen LogP contribution in [0.2, 0.25) is 5.02 Å². The molecule has 0 bridgehead atoms. The van der Waals surface area contributed by atoms with Gasteiger partial charge in [-0.1, -0.05) is 35.9 Å². The summed E-state index contributed by atoms with van der Waals surface area (Å²) in [5.41, 5.74) is 1.29. The van der Waals surface area contributed by atoms with Gasteiger partial charge in [0.05, 0.1) is 23.7 Å². The van der Waals surface area contributed by atoms with Crippen LogP contribution in [-0.2, 0) is 14.8 Å². The first-order valence-corrected chi connectivity index (χ1v) is 12.2. The third-order valence-electron chi connectivity index (χ3n) is 5.09. The van der Waals surface area contributed by atoms with Crippen LogP contribution >= 0.6 is 11.6 Å². The molecule has 1 amide bonds. The van der Waals surface area contributed by atoms with E-state index in [9.17, 15) is 13.2 Å². The van der Waals surface area contributed by atoms with Gasteiger partial charge < -0.3 is 14.8 Å². The Morgan fingerprint density at radius 2 is 1.85 bits per heavy atom. The largest absolute Gasteiger partial charge is 0.492 e. The quantitative estimate of drug-likeness (QED) is 0.513. The molecule has 0 saturated carbocycles. The number of ether oxygens (including phenoxy) is 2. The van der Waals surface area contributed by atoms with Crippen molar-refractivity contribution >= 4 is 33.2 Å². The van der Waals surface area contributed by atoms with E-state index in [1.54, 1.807) is 54.6 Å². The molecule has 0 aliphatic carbocycles. The molecular formula is C24H23ClN2O5S. The van der Waals surface area contributed by atoms with Crippen molar-refractivity contribution in [3.05, 3.63) is 83.4 Å². The van der Waals surface area contributed by atoms with Gasteiger partial charge in [0.2, 0.25) is 0 Å². The number of rotatable bonds is 7. The third-order valence-corrected chi connectivity index (χ3v) is 7.14. The zero-order valence-electron chi connectivity index (χ0n) is 17.9. The van der Waals surface area contributed by atoms with Crippen LogP contribution in [0.4, 0.5) is 5.69 Å². The molecule has 4 rings (SSSR count). The van der Waals surface area contributed by atoms with Crippen LogP contribution in [0.5, 0.6) is 11.5 Å². The fourth-order valence-corrected chi connectivity index (χ4v) is 5.05. The number of halogens is 1. The number of fused-ring (bicyclic) bond motifs is 1. The summed E-state index contributed by atoms with van der Waals surface area (Å²) < 4.78 is 39.4. The van der Waals surface area contributed by atoms with Crippen molar-refractivity contribution in [2.24, 2.45) is 0 Å². The Kier molecular flexibility index (Phi) is 6.76. The van der Waals surface area contributed by atoms with Crippen molar-refractivity contribution in [2.75, 3.05) is 24.0 Å². The molecule has 33 heavy (non-hydrogen) atoms. The first kappa shape index (κ1) is 22.9. The fourth-order valence-electron chi connectivity index (χ4n) is 3.43. The summed E-state index contributed by atoms with van der Waals surface area (Å²) in [5.74, 6) is 0.546. The van der Waals surface area contributed by atoms with Crippen LogP contribution < -0.4 is 19.1 Å². The number of anilines is 1. The molecule has 0 fully saturated rings. The highest BCUT2D eigenvalue weighted by Gasteiger charge is 2.37. The van der Waals surface area contributed by atoms with E-state index >= 15 is 0 Å². The zero-order valence-corrected chi connectivity index (χ0v) is 19.5. The highest BCUT2D eigenvalue weighted by molar-refractivity contribution is 7.92. The Labute approximate surface area is 197 Å². The Morgan fingerprint density at radius 3 is 2.58 bits per heavy atom. The third kappa shape index (κ3) is 5.23. The minimum Gasteiger partial charge on any atom is -0.492 e. The van der Waals surface area contributed by atoms with Gasteiger partial charge in [-0.25, -0.2) is 8.42 Å². The monoisotopic (exact) mass is 486 g/mol. The second kappa shape index (κ2) is 9.72. The van der Waals surface area contributed by atoms with E-state index in [1.165, 1.54) is 16.4 Å². The van der Waals surface area contributed by atoms with Crippen LogP contribution in [0.1, 0.15) is 5.56 Å². The summed E-state index contributed by atoms with van der Waals surface area (Å²) in [6, 6.07) is 20.3. The van der Waals surface area contributed by atoms with E-state index in [0.717, 1.165) is 5.56 Å². The van der Waals surface area contributed by atoms with Gasteiger partial charge in [0.25, 0.3) is 15.9 Å². The molecule has 0 spiro atoms. The van der Waals surface area contributed by atoms with Gasteiger partial charge in [-0.3, -0.25) is 9.10 Å². The van der Waals surface area contributed by atoms with Gasteiger partial charge in [0, 0.05) is 5.02 Å². The Balaban J connectivity index is 1.47. The number of hydrogen-bond donors (Lipinski definition) is 1. The molecule has 172 valence electrons. The molecule has 0 radical (unpaired) electrons. The summed E-state index contributed by atoms with van der Waals surface area (Å²) in [5, 5.41) is 3.36. The van der Waals surface area contributed by atoms with E-state index < -0.39 is 22.0 Å². The molecule has 1 aliphatic rings. The molecule has 0 aromatic heterocycles. The predicted molar refractivity (Wildman–Crippen MR) is 127 cm³/mol. The number of nitrogens with one attached hydrogen (secondary N) is 1. The van der Waals surface area contributed by atoms with Crippen molar-refractivity contribution in [3.63, 3.8) is 0 Å². The minimum absolute atomic E-state index is 0.141. The average molecular weight is 487 g/mol. The van der Waals surface area contributed by atoms with E-state index in [2.05, 4.69) is 5.32 Å². The van der Waals surface area contributed by atoms with Crippen molar-refractivity contribution in [1.82, 2.24) is 5.32 Å². The molecule has 3 aromatic carbocycles. The second-order valence-electron chi connectivity index (χ2n) is 7.52. The molecule has 7 nitrogen and oxygen atoms in total. The van der Waals surface area contributed by atoms with Crippen molar-refractivity contribution in [1.29, 1.82) is 0 Å². The standard InChI is InChI=1S/C24H23ClN2O5S/c1-17-7-12-22-21(15-17)27(33(29,30)20-5-3-2-4-6-20)16-23(32-22)24(28)26-13-14-31-19-10-8-18(25)9-11-19/h2-12,15,23H,13-14,16H2,1H3,(H,26,28)/t23-/m0/s1. The molecule has 3 aromatic rings. The van der Waals surface area contributed by atoms with E-state index in [1.807, 2.05) is 13.0 Å². The number of benzene rings is 3. The number of carbonyl (C=O) groups is 1. The maximum atomic E-state index is 13.4. The van der Waals surface area contributed by atoms with Crippen LogP contribution in [0, 0.1) is 6.92 Å². The SMILES string of the molecule is Cc1ccc2c(c1)N(S(=O)(=O)c1ccccc1)C[C@@H](C(=O)NCCOc1ccc(Cl)cc1)O2. The van der Waals surface area contributed by atoms with Crippen molar-refractivity contribution in [2.45, 2.75) is 17.9 Å². The number of carbonyl (C=O) groups excluding carboxylic acids is 1. The first-order chi connectivity index (χ1) is 15.8. The summed E-state index contributed by atoms with van der Waals surface area (Å²) >= 11 is 5.85. The van der Waals surface area contributed by atoms with Crippen LogP contribution in [0.3, 0.4) is 0 Å². The molecule has 0 unspecified atom stereocenters. The molecule has 1 heterocycles. The lowest BCUT2D eigenvalue weighted by molar-refractivity contribution is -0.127. The Bertz CT molecular complexity index is 1230. The first-order valence-electron chi connectivity index (χ1n) is 10.4. The van der Waals surface area contributed by atoms with Gasteiger partial charge >= 0.3 is 0 Å². The molecule has 9 heteroatoms. The second-order valence-corrected chi connectivity index (χ2v) is 9.82. The number of amides is 1. The number of nitrogens with zero attached hydrogens (tertiary/aromatic N) is 1. The highest BCUT2D eigenvalue weighted by atomic mass is 35.5. The lowest BCUT2D eigenvalue weighted by atomic mass is 10.1. The Hall–Kier alpha value is -3.23. The predicted octanol–water partition coefficient (Wildman–Crippen LogP) is 3.80. The maximum absolute atomic E-state index is 13.4. The number of hydrogen-bond acceptors (Lipinski definition) is 5. The van der Waals surface area contributed by atoms with Crippen LogP contribution in [0.15, 0.2) is 77.7 Å². The zero-order chi connectivity index (χ0) is 23.4. The van der Waals surface area contributed by atoms with E-state index in [0.29, 0.717) is 22.2 Å². The van der Waals surface area contributed by atoms with Crippen LogP contribution in [-0.4, -0.2) is 40.1 Å². The van der Waals surface area contributed by atoms with Gasteiger partial charge in [-0.15, -0.1) is 0 Å². The molecular weight excluding hydrogens is 464 g/mol. The van der Waals surface area contributed by atoms with Gasteiger partial charge in [0.1, 0.15) is 18.1 Å². The van der Waals surface area contributed by atoms with E-state index in [-0.39, 0.29) is 24.6 Å². The smallest absolute Gasteiger partial charge is 0.264 e. The highest BCUT2D eigenvalue weighted by Crippen LogP contribution is 2.37. The number of aryl methyl sites for hydroxylation is 1. The molecule has 1 aliphatic heterocycles. The van der Waals surface area contributed by atoms with Crippen molar-refractivity contribution < 1.29 is 22.7 Å². The van der Waals surface area contributed by atoms with Gasteiger partial charge in [0.15, 0.2) is 6.10 Å². The Morgan fingerprint density at radius 1 is 1.12 bits per heavy atom. The minimum atomic E-state index is -3.89. The average Bonchev–Trinajstić information content (AvgIpc) is 2.82. The van der Waals surface area contributed by atoms with E-state index in [4.69, 9.17) is 21.1 Å². The molecule has 1 N–H and O–H groups in total. The lowest BCUT2D eigenvalue weighted by Crippen LogP contribution is -2.51. The summed E-state index contributed by atoms with van der Waals surface area (Å²) in [7, 11) is -3.89. The lowest BCUT2D eigenvalue weighted by Gasteiger charge is -2.35. The topological polar surface area (TPSA) is 84.9 Å². The normalized spacial score (nSPS) is 15.3.